The summed E-state index contributed by atoms with van der Waals surface area (Å²) < 4.78 is 0.939. The standard InChI is InChI=1S/C16H21BrN2O2/c1-11-14(20)19(13-7-5-6-12(17)10-13)9-8-18(11)15(21)16(2,3)4/h5-7,10-11H,8-9H2,1-4H3/t11-/m0/s1. The number of halogens is 1. The van der Waals surface area contributed by atoms with E-state index in [1.165, 1.54) is 0 Å². The van der Waals surface area contributed by atoms with E-state index in [2.05, 4.69) is 15.9 Å². The van der Waals surface area contributed by atoms with Crippen LogP contribution in [0.2, 0.25) is 0 Å². The van der Waals surface area contributed by atoms with Gasteiger partial charge in [-0.3, -0.25) is 9.59 Å². The van der Waals surface area contributed by atoms with Crippen molar-refractivity contribution in [2.45, 2.75) is 33.7 Å². The van der Waals surface area contributed by atoms with Gasteiger partial charge < -0.3 is 9.80 Å². The highest BCUT2D eigenvalue weighted by Crippen LogP contribution is 2.26. The van der Waals surface area contributed by atoms with E-state index in [1.807, 2.05) is 45.0 Å². The molecule has 0 spiro atoms. The molecule has 2 amide bonds. The molecule has 1 heterocycles. The first-order chi connectivity index (χ1) is 9.71. The minimum Gasteiger partial charge on any atom is -0.329 e. The number of amides is 2. The lowest BCUT2D eigenvalue weighted by molar-refractivity contribution is -0.147. The smallest absolute Gasteiger partial charge is 0.249 e. The van der Waals surface area contributed by atoms with Crippen molar-refractivity contribution in [3.63, 3.8) is 0 Å². The number of benzene rings is 1. The molecule has 0 aromatic heterocycles. The number of nitrogens with zero attached hydrogens (tertiary/aromatic N) is 2. The van der Waals surface area contributed by atoms with Crippen LogP contribution in [-0.2, 0) is 9.59 Å². The molecule has 0 bridgehead atoms. The van der Waals surface area contributed by atoms with Crippen LogP contribution in [0.4, 0.5) is 5.69 Å². The third-order valence-corrected chi connectivity index (χ3v) is 4.17. The number of carbonyl (C=O) groups is 2. The lowest BCUT2D eigenvalue weighted by Gasteiger charge is -2.41. The number of hydrogen-bond donors (Lipinski definition) is 0. The number of carbonyl (C=O) groups excluding carboxylic acids is 2. The molecule has 21 heavy (non-hydrogen) atoms. The molecule has 1 aliphatic rings. The molecule has 114 valence electrons. The Morgan fingerprint density at radius 2 is 1.95 bits per heavy atom. The maximum absolute atomic E-state index is 12.6. The third kappa shape index (κ3) is 3.28. The molecule has 1 aromatic carbocycles. The van der Waals surface area contributed by atoms with Gasteiger partial charge in [-0.05, 0) is 25.1 Å². The van der Waals surface area contributed by atoms with Gasteiger partial charge in [0, 0.05) is 28.7 Å². The Balaban J connectivity index is 2.21. The van der Waals surface area contributed by atoms with Gasteiger partial charge in [0.2, 0.25) is 11.8 Å². The van der Waals surface area contributed by atoms with E-state index in [0.717, 1.165) is 10.2 Å². The van der Waals surface area contributed by atoms with Gasteiger partial charge in [0.15, 0.2) is 0 Å². The first-order valence-electron chi connectivity index (χ1n) is 7.10. The summed E-state index contributed by atoms with van der Waals surface area (Å²) >= 11 is 3.42. The SMILES string of the molecule is C[C@H]1C(=O)N(c2cccc(Br)c2)CCN1C(=O)C(C)(C)C. The van der Waals surface area contributed by atoms with E-state index in [4.69, 9.17) is 0 Å². The molecular formula is C16H21BrN2O2. The van der Waals surface area contributed by atoms with Crippen LogP contribution in [0.3, 0.4) is 0 Å². The number of anilines is 1. The minimum atomic E-state index is -0.466. The summed E-state index contributed by atoms with van der Waals surface area (Å²) in [4.78, 5) is 28.5. The Bertz CT molecular complexity index is 566. The van der Waals surface area contributed by atoms with Crippen molar-refractivity contribution in [1.29, 1.82) is 0 Å². The highest BCUT2D eigenvalue weighted by atomic mass is 79.9. The first kappa shape index (κ1) is 16.0. The van der Waals surface area contributed by atoms with Crippen LogP contribution in [0, 0.1) is 5.41 Å². The average molecular weight is 353 g/mol. The summed E-state index contributed by atoms with van der Waals surface area (Å²) in [5.41, 5.74) is 0.399. The van der Waals surface area contributed by atoms with Gasteiger partial charge >= 0.3 is 0 Å². The Hall–Kier alpha value is -1.36. The fourth-order valence-corrected chi connectivity index (χ4v) is 2.87. The van der Waals surface area contributed by atoms with E-state index < -0.39 is 11.5 Å². The lowest BCUT2D eigenvalue weighted by Crippen LogP contribution is -2.59. The van der Waals surface area contributed by atoms with Gasteiger partial charge in [0.1, 0.15) is 6.04 Å². The van der Waals surface area contributed by atoms with Crippen LogP contribution < -0.4 is 4.90 Å². The predicted octanol–water partition coefficient (Wildman–Crippen LogP) is 3.06. The fourth-order valence-electron chi connectivity index (χ4n) is 2.48. The maximum Gasteiger partial charge on any atom is 0.249 e. The van der Waals surface area contributed by atoms with Crippen LogP contribution in [0.15, 0.2) is 28.7 Å². The van der Waals surface area contributed by atoms with E-state index >= 15 is 0 Å². The Morgan fingerprint density at radius 1 is 1.29 bits per heavy atom. The largest absolute Gasteiger partial charge is 0.329 e. The Labute approximate surface area is 134 Å². The van der Waals surface area contributed by atoms with Crippen LogP contribution in [-0.4, -0.2) is 35.8 Å². The Morgan fingerprint density at radius 3 is 2.52 bits per heavy atom. The first-order valence-corrected chi connectivity index (χ1v) is 7.89. The van der Waals surface area contributed by atoms with Crippen molar-refractivity contribution in [2.24, 2.45) is 5.41 Å². The molecule has 0 N–H and O–H groups in total. The number of piperazine rings is 1. The highest BCUT2D eigenvalue weighted by molar-refractivity contribution is 9.10. The summed E-state index contributed by atoms with van der Waals surface area (Å²) in [6.07, 6.45) is 0. The zero-order chi connectivity index (χ0) is 15.8. The molecule has 1 fully saturated rings. The molecule has 0 radical (unpaired) electrons. The van der Waals surface area contributed by atoms with Crippen LogP contribution in [0.1, 0.15) is 27.7 Å². The van der Waals surface area contributed by atoms with Gasteiger partial charge in [0.25, 0.3) is 0 Å². The van der Waals surface area contributed by atoms with Gasteiger partial charge in [-0.1, -0.05) is 42.8 Å². The number of hydrogen-bond acceptors (Lipinski definition) is 2. The normalized spacial score (nSPS) is 19.9. The third-order valence-electron chi connectivity index (χ3n) is 3.68. The zero-order valence-corrected chi connectivity index (χ0v) is 14.5. The van der Waals surface area contributed by atoms with Crippen LogP contribution in [0.5, 0.6) is 0 Å². The van der Waals surface area contributed by atoms with Crippen molar-refractivity contribution in [2.75, 3.05) is 18.0 Å². The molecule has 0 unspecified atom stereocenters. The summed E-state index contributed by atoms with van der Waals surface area (Å²) in [5, 5.41) is 0. The second-order valence-corrected chi connectivity index (χ2v) is 7.31. The van der Waals surface area contributed by atoms with Crippen molar-refractivity contribution in [1.82, 2.24) is 4.90 Å². The average Bonchev–Trinajstić information content (AvgIpc) is 2.40. The molecule has 0 saturated carbocycles. The van der Waals surface area contributed by atoms with Gasteiger partial charge in [-0.15, -0.1) is 0 Å². The highest BCUT2D eigenvalue weighted by Gasteiger charge is 2.38. The molecule has 0 aliphatic carbocycles. The van der Waals surface area contributed by atoms with Crippen molar-refractivity contribution < 1.29 is 9.59 Å². The molecule has 1 aliphatic heterocycles. The lowest BCUT2D eigenvalue weighted by atomic mass is 9.93. The summed E-state index contributed by atoms with van der Waals surface area (Å²) in [5.74, 6) is -0.00538. The molecule has 5 heteroatoms. The monoisotopic (exact) mass is 352 g/mol. The van der Waals surface area contributed by atoms with Gasteiger partial charge in [0.05, 0.1) is 0 Å². The zero-order valence-electron chi connectivity index (χ0n) is 12.9. The van der Waals surface area contributed by atoms with Crippen molar-refractivity contribution >= 4 is 33.4 Å². The molecule has 2 rings (SSSR count). The molecule has 1 atom stereocenters. The molecule has 1 aromatic rings. The van der Waals surface area contributed by atoms with E-state index in [9.17, 15) is 9.59 Å². The second kappa shape index (κ2) is 5.79. The quantitative estimate of drug-likeness (QED) is 0.779. The van der Waals surface area contributed by atoms with Crippen molar-refractivity contribution in [3.05, 3.63) is 28.7 Å². The second-order valence-electron chi connectivity index (χ2n) is 6.39. The maximum atomic E-state index is 12.6. The number of rotatable bonds is 1. The fraction of sp³-hybridized carbons (Fsp3) is 0.500. The summed E-state index contributed by atoms with van der Waals surface area (Å²) in [6, 6.07) is 7.24. The van der Waals surface area contributed by atoms with E-state index in [1.54, 1.807) is 16.7 Å². The minimum absolute atomic E-state index is 0.0252. The summed E-state index contributed by atoms with van der Waals surface area (Å²) in [6.45, 7) is 8.54. The molecular weight excluding hydrogens is 332 g/mol. The summed E-state index contributed by atoms with van der Waals surface area (Å²) in [7, 11) is 0. The van der Waals surface area contributed by atoms with Gasteiger partial charge in [-0.25, -0.2) is 0 Å². The van der Waals surface area contributed by atoms with E-state index in [-0.39, 0.29) is 11.8 Å². The molecule has 1 saturated heterocycles. The molecule has 4 nitrogen and oxygen atoms in total. The van der Waals surface area contributed by atoms with Crippen LogP contribution in [0.25, 0.3) is 0 Å². The van der Waals surface area contributed by atoms with Crippen molar-refractivity contribution in [3.8, 4) is 0 Å². The Kier molecular flexibility index (Phi) is 4.42. The predicted molar refractivity (Wildman–Crippen MR) is 87.1 cm³/mol. The van der Waals surface area contributed by atoms with Gasteiger partial charge in [-0.2, -0.15) is 0 Å². The van der Waals surface area contributed by atoms with Crippen LogP contribution >= 0.6 is 15.9 Å². The van der Waals surface area contributed by atoms with E-state index in [0.29, 0.717) is 13.1 Å². The topological polar surface area (TPSA) is 40.6 Å².